The first-order valence-electron chi connectivity index (χ1n) is 12.4. The Hall–Kier alpha value is -3.81. The molecule has 8 heteroatoms. The minimum absolute atomic E-state index is 0.161. The molecule has 2 aromatic rings. The summed E-state index contributed by atoms with van der Waals surface area (Å²) in [6.45, 7) is 5.14. The predicted octanol–water partition coefficient (Wildman–Crippen LogP) is 5.50. The summed E-state index contributed by atoms with van der Waals surface area (Å²) >= 11 is 0. The lowest BCUT2D eigenvalue weighted by molar-refractivity contribution is -0.122. The molecule has 1 N–H and O–H groups in total. The van der Waals surface area contributed by atoms with E-state index in [1.165, 1.54) is 38.9 Å². The number of carbonyl (C=O) groups is 3. The average Bonchev–Trinajstić information content (AvgIpc) is 2.87. The van der Waals surface area contributed by atoms with E-state index < -0.39 is 17.8 Å². The highest BCUT2D eigenvalue weighted by Gasteiger charge is 2.36. The third-order valence-electron chi connectivity index (χ3n) is 5.76. The Balaban J connectivity index is 1.73. The van der Waals surface area contributed by atoms with Crippen LogP contribution in [-0.4, -0.2) is 38.2 Å². The van der Waals surface area contributed by atoms with E-state index in [0.29, 0.717) is 41.7 Å². The van der Waals surface area contributed by atoms with Gasteiger partial charge in [0.15, 0.2) is 11.5 Å². The third kappa shape index (κ3) is 6.87. The van der Waals surface area contributed by atoms with Crippen molar-refractivity contribution in [1.29, 1.82) is 0 Å². The van der Waals surface area contributed by atoms with Crippen molar-refractivity contribution in [2.75, 3.05) is 25.2 Å². The number of urea groups is 1. The number of nitrogens with one attached hydrogen (secondary N) is 1. The second-order valence-corrected chi connectivity index (χ2v) is 8.41. The number of unbranched alkanes of at least 4 members (excludes halogenated alkanes) is 5. The van der Waals surface area contributed by atoms with E-state index in [0.717, 1.165) is 17.7 Å². The molecule has 4 amide bonds. The lowest BCUT2D eigenvalue weighted by Crippen LogP contribution is -2.54. The van der Waals surface area contributed by atoms with Gasteiger partial charge in [-0.2, -0.15) is 0 Å². The molecule has 1 aliphatic rings. The minimum atomic E-state index is -0.803. The molecule has 0 bridgehead atoms. The van der Waals surface area contributed by atoms with E-state index in [1.807, 2.05) is 6.92 Å². The summed E-state index contributed by atoms with van der Waals surface area (Å²) in [6, 6.07) is 10.9. The zero-order chi connectivity index (χ0) is 25.9. The van der Waals surface area contributed by atoms with E-state index in [-0.39, 0.29) is 5.57 Å². The van der Waals surface area contributed by atoms with Crippen LogP contribution in [0.5, 0.6) is 17.2 Å². The van der Waals surface area contributed by atoms with Gasteiger partial charge in [-0.1, -0.05) is 45.1 Å². The number of carbonyl (C=O) groups excluding carboxylic acids is 3. The van der Waals surface area contributed by atoms with Crippen molar-refractivity contribution in [1.82, 2.24) is 5.32 Å². The van der Waals surface area contributed by atoms with Crippen LogP contribution in [0.4, 0.5) is 10.5 Å². The Morgan fingerprint density at radius 3 is 2.28 bits per heavy atom. The molecule has 36 heavy (non-hydrogen) atoms. The number of nitrogens with zero attached hydrogens (tertiary/aromatic N) is 1. The predicted molar refractivity (Wildman–Crippen MR) is 138 cm³/mol. The summed E-state index contributed by atoms with van der Waals surface area (Å²) in [5.74, 6) is 0.242. The van der Waals surface area contributed by atoms with Crippen molar-refractivity contribution < 1.29 is 28.6 Å². The van der Waals surface area contributed by atoms with E-state index >= 15 is 0 Å². The van der Waals surface area contributed by atoms with Crippen LogP contribution in [0.15, 0.2) is 48.0 Å². The second-order valence-electron chi connectivity index (χ2n) is 8.41. The first-order valence-corrected chi connectivity index (χ1v) is 12.4. The number of anilines is 1. The Morgan fingerprint density at radius 1 is 0.861 bits per heavy atom. The molecule has 0 spiro atoms. The summed E-state index contributed by atoms with van der Waals surface area (Å²) in [5, 5.41) is 2.23. The van der Waals surface area contributed by atoms with Crippen LogP contribution in [-0.2, 0) is 9.59 Å². The Morgan fingerprint density at radius 2 is 1.58 bits per heavy atom. The maximum atomic E-state index is 13.1. The van der Waals surface area contributed by atoms with Gasteiger partial charge >= 0.3 is 6.03 Å². The van der Waals surface area contributed by atoms with E-state index in [1.54, 1.807) is 42.5 Å². The van der Waals surface area contributed by atoms with Gasteiger partial charge in [0.25, 0.3) is 11.8 Å². The van der Waals surface area contributed by atoms with Gasteiger partial charge in [0.2, 0.25) is 0 Å². The SMILES string of the molecule is CCCCCCCCOc1ccc(/C=C2\C(=O)NC(=O)N(c3ccc(OCC)cc3)C2=O)cc1OC. The van der Waals surface area contributed by atoms with Crippen molar-refractivity contribution in [2.24, 2.45) is 0 Å². The molecular weight excluding hydrogens is 460 g/mol. The van der Waals surface area contributed by atoms with Gasteiger partial charge in [0.1, 0.15) is 11.3 Å². The topological polar surface area (TPSA) is 94.2 Å². The van der Waals surface area contributed by atoms with Gasteiger partial charge < -0.3 is 14.2 Å². The second kappa shape index (κ2) is 13.3. The number of hydrogen-bond acceptors (Lipinski definition) is 6. The third-order valence-corrected chi connectivity index (χ3v) is 5.76. The largest absolute Gasteiger partial charge is 0.494 e. The van der Waals surface area contributed by atoms with E-state index in [2.05, 4.69) is 12.2 Å². The van der Waals surface area contributed by atoms with Gasteiger partial charge in [0, 0.05) is 0 Å². The van der Waals surface area contributed by atoms with Crippen molar-refractivity contribution in [3.05, 3.63) is 53.6 Å². The number of ether oxygens (including phenoxy) is 3. The first kappa shape index (κ1) is 26.8. The number of barbiturate groups is 1. The molecule has 1 saturated heterocycles. The first-order chi connectivity index (χ1) is 17.5. The van der Waals surface area contributed by atoms with Crippen molar-refractivity contribution in [3.8, 4) is 17.2 Å². The minimum Gasteiger partial charge on any atom is -0.494 e. The van der Waals surface area contributed by atoms with Crippen LogP contribution < -0.4 is 24.4 Å². The maximum absolute atomic E-state index is 13.1. The fourth-order valence-electron chi connectivity index (χ4n) is 3.87. The van der Waals surface area contributed by atoms with Crippen molar-refractivity contribution in [3.63, 3.8) is 0 Å². The van der Waals surface area contributed by atoms with Crippen LogP contribution in [0.1, 0.15) is 57.9 Å². The Kier molecular flexibility index (Phi) is 9.92. The quantitative estimate of drug-likeness (QED) is 0.225. The molecule has 3 rings (SSSR count). The fraction of sp³-hybridized carbons (Fsp3) is 0.393. The van der Waals surface area contributed by atoms with Gasteiger partial charge in [-0.25, -0.2) is 9.69 Å². The highest BCUT2D eigenvalue weighted by atomic mass is 16.5. The molecular formula is C28H34N2O6. The van der Waals surface area contributed by atoms with Gasteiger partial charge in [-0.15, -0.1) is 0 Å². The van der Waals surface area contributed by atoms with Gasteiger partial charge in [0.05, 0.1) is 26.0 Å². The summed E-state index contributed by atoms with van der Waals surface area (Å²) in [4.78, 5) is 39.0. The zero-order valence-corrected chi connectivity index (χ0v) is 21.2. The normalized spacial score (nSPS) is 14.7. The molecule has 2 aromatic carbocycles. The number of rotatable bonds is 13. The molecule has 0 unspecified atom stereocenters. The molecule has 1 heterocycles. The van der Waals surface area contributed by atoms with E-state index in [9.17, 15) is 14.4 Å². The summed E-state index contributed by atoms with van der Waals surface area (Å²) in [7, 11) is 1.54. The van der Waals surface area contributed by atoms with Crippen molar-refractivity contribution in [2.45, 2.75) is 52.4 Å². The molecule has 1 fully saturated rings. The fourth-order valence-corrected chi connectivity index (χ4v) is 3.87. The highest BCUT2D eigenvalue weighted by molar-refractivity contribution is 6.39. The smallest absolute Gasteiger partial charge is 0.335 e. The highest BCUT2D eigenvalue weighted by Crippen LogP contribution is 2.30. The molecule has 0 atom stereocenters. The number of imide groups is 2. The van der Waals surface area contributed by atoms with Crippen LogP contribution in [0.25, 0.3) is 6.08 Å². The van der Waals surface area contributed by atoms with Crippen LogP contribution >= 0.6 is 0 Å². The summed E-state index contributed by atoms with van der Waals surface area (Å²) in [6.07, 6.45) is 8.45. The van der Waals surface area contributed by atoms with Crippen LogP contribution in [0.2, 0.25) is 0 Å². The number of amides is 4. The lowest BCUT2D eigenvalue weighted by Gasteiger charge is -2.26. The lowest BCUT2D eigenvalue weighted by atomic mass is 10.1. The molecule has 192 valence electrons. The Labute approximate surface area is 212 Å². The Bertz CT molecular complexity index is 1090. The standard InChI is InChI=1S/C28H34N2O6/c1-4-6-7-8-9-10-17-36-24-16-11-20(19-25(24)34-3)18-23-26(31)29-28(33)30(27(23)32)21-12-14-22(15-13-21)35-5-2/h11-16,18-19H,4-10,17H2,1-3H3,(H,29,31,33)/b23-18+. The summed E-state index contributed by atoms with van der Waals surface area (Å²) in [5.41, 5.74) is 0.736. The monoisotopic (exact) mass is 494 g/mol. The molecule has 8 nitrogen and oxygen atoms in total. The maximum Gasteiger partial charge on any atom is 0.335 e. The zero-order valence-electron chi connectivity index (χ0n) is 21.2. The number of hydrogen-bond donors (Lipinski definition) is 1. The molecule has 0 radical (unpaired) electrons. The van der Waals surface area contributed by atoms with Crippen LogP contribution in [0, 0.1) is 0 Å². The molecule has 0 aliphatic carbocycles. The van der Waals surface area contributed by atoms with Gasteiger partial charge in [-0.05, 0) is 61.4 Å². The van der Waals surface area contributed by atoms with Crippen LogP contribution in [0.3, 0.4) is 0 Å². The number of methoxy groups -OCH3 is 1. The number of benzene rings is 2. The molecule has 0 saturated carbocycles. The average molecular weight is 495 g/mol. The molecule has 0 aromatic heterocycles. The van der Waals surface area contributed by atoms with Gasteiger partial charge in [-0.3, -0.25) is 14.9 Å². The molecule has 1 aliphatic heterocycles. The van der Waals surface area contributed by atoms with Crippen molar-refractivity contribution >= 4 is 29.6 Å². The van der Waals surface area contributed by atoms with E-state index in [4.69, 9.17) is 14.2 Å². The summed E-state index contributed by atoms with van der Waals surface area (Å²) < 4.78 is 16.8.